The maximum absolute atomic E-state index is 12.3. The highest BCUT2D eigenvalue weighted by atomic mass is 79.9. The molecule has 0 aliphatic heterocycles. The molecule has 0 aliphatic carbocycles. The van der Waals surface area contributed by atoms with Gasteiger partial charge in [0.2, 0.25) is 0 Å². The first-order valence-corrected chi connectivity index (χ1v) is 7.47. The number of hydrogen-bond donors (Lipinski definition) is 1. The zero-order valence-corrected chi connectivity index (χ0v) is 14.2. The van der Waals surface area contributed by atoms with Crippen LogP contribution in [0.2, 0.25) is 0 Å². The van der Waals surface area contributed by atoms with Crippen LogP contribution in [0.15, 0.2) is 41.1 Å². The van der Waals surface area contributed by atoms with E-state index in [1.54, 1.807) is 26.5 Å². The zero-order chi connectivity index (χ0) is 16.1. The van der Waals surface area contributed by atoms with Crippen molar-refractivity contribution in [3.63, 3.8) is 0 Å². The standard InChI is InChI=1S/C16H17BrN2O3/c1-10(14-7-13(21-2)4-5-15(14)22-3)19-16(20)11-6-12(17)9-18-8-11/h4-10H,1-3H3,(H,19,20)/t10-/m1/s1. The first kappa shape index (κ1) is 16.3. The lowest BCUT2D eigenvalue weighted by atomic mass is 10.1. The summed E-state index contributed by atoms with van der Waals surface area (Å²) in [4.78, 5) is 16.3. The first-order chi connectivity index (χ1) is 10.5. The summed E-state index contributed by atoms with van der Waals surface area (Å²) < 4.78 is 11.3. The van der Waals surface area contributed by atoms with Crippen molar-refractivity contribution in [1.82, 2.24) is 10.3 Å². The van der Waals surface area contributed by atoms with Gasteiger partial charge in [-0.3, -0.25) is 9.78 Å². The fourth-order valence-corrected chi connectivity index (χ4v) is 2.44. The summed E-state index contributed by atoms with van der Waals surface area (Å²) >= 11 is 3.30. The maximum atomic E-state index is 12.3. The van der Waals surface area contributed by atoms with Crippen molar-refractivity contribution in [2.24, 2.45) is 0 Å². The number of ether oxygens (including phenoxy) is 2. The minimum atomic E-state index is -0.239. The molecule has 0 spiro atoms. The maximum Gasteiger partial charge on any atom is 0.253 e. The summed E-state index contributed by atoms with van der Waals surface area (Å²) in [6.07, 6.45) is 3.15. The number of hydrogen-bond acceptors (Lipinski definition) is 4. The van der Waals surface area contributed by atoms with E-state index in [0.717, 1.165) is 10.0 Å². The van der Waals surface area contributed by atoms with E-state index >= 15 is 0 Å². The van der Waals surface area contributed by atoms with Crippen LogP contribution in [-0.4, -0.2) is 25.1 Å². The molecule has 2 rings (SSSR count). The number of aromatic nitrogens is 1. The molecule has 0 fully saturated rings. The van der Waals surface area contributed by atoms with Crippen LogP contribution in [0.3, 0.4) is 0 Å². The minimum Gasteiger partial charge on any atom is -0.497 e. The quantitative estimate of drug-likeness (QED) is 0.883. The Morgan fingerprint density at radius 2 is 2.00 bits per heavy atom. The number of pyridine rings is 1. The smallest absolute Gasteiger partial charge is 0.253 e. The van der Waals surface area contributed by atoms with Crippen molar-refractivity contribution in [3.05, 3.63) is 52.3 Å². The van der Waals surface area contributed by atoms with Gasteiger partial charge in [-0.2, -0.15) is 0 Å². The van der Waals surface area contributed by atoms with Gasteiger partial charge in [0.05, 0.1) is 25.8 Å². The molecule has 1 N–H and O–H groups in total. The Bertz CT molecular complexity index is 676. The predicted octanol–water partition coefficient (Wildman–Crippen LogP) is 3.35. The fraction of sp³-hybridized carbons (Fsp3) is 0.250. The Balaban J connectivity index is 2.21. The second-order valence-electron chi connectivity index (χ2n) is 4.69. The van der Waals surface area contributed by atoms with Crippen LogP contribution in [0.4, 0.5) is 0 Å². The third-order valence-corrected chi connectivity index (χ3v) is 3.65. The number of nitrogens with zero attached hydrogens (tertiary/aromatic N) is 1. The van der Waals surface area contributed by atoms with E-state index in [2.05, 4.69) is 26.2 Å². The molecule has 0 aliphatic rings. The number of halogens is 1. The minimum absolute atomic E-state index is 0.203. The number of carbonyl (C=O) groups is 1. The molecule has 116 valence electrons. The molecule has 0 saturated heterocycles. The Hall–Kier alpha value is -2.08. The van der Waals surface area contributed by atoms with Gasteiger partial charge in [0.15, 0.2) is 0 Å². The number of benzene rings is 1. The number of amides is 1. The molecule has 1 amide bonds. The van der Waals surface area contributed by atoms with E-state index in [-0.39, 0.29) is 11.9 Å². The molecule has 6 heteroatoms. The van der Waals surface area contributed by atoms with Gasteiger partial charge in [-0.15, -0.1) is 0 Å². The Morgan fingerprint density at radius 1 is 1.23 bits per heavy atom. The first-order valence-electron chi connectivity index (χ1n) is 6.68. The Kier molecular flexibility index (Phi) is 5.38. The van der Waals surface area contributed by atoms with E-state index in [1.807, 2.05) is 25.1 Å². The lowest BCUT2D eigenvalue weighted by molar-refractivity contribution is 0.0939. The second-order valence-corrected chi connectivity index (χ2v) is 5.61. The van der Waals surface area contributed by atoms with Gasteiger partial charge >= 0.3 is 0 Å². The highest BCUT2D eigenvalue weighted by molar-refractivity contribution is 9.10. The van der Waals surface area contributed by atoms with Crippen molar-refractivity contribution < 1.29 is 14.3 Å². The lowest BCUT2D eigenvalue weighted by Gasteiger charge is -2.18. The van der Waals surface area contributed by atoms with E-state index < -0.39 is 0 Å². The van der Waals surface area contributed by atoms with Crippen LogP contribution in [0.1, 0.15) is 28.9 Å². The largest absolute Gasteiger partial charge is 0.497 e. The zero-order valence-electron chi connectivity index (χ0n) is 12.6. The summed E-state index contributed by atoms with van der Waals surface area (Å²) in [5.74, 6) is 1.20. The lowest BCUT2D eigenvalue weighted by Crippen LogP contribution is -2.27. The molecule has 2 aromatic rings. The third-order valence-electron chi connectivity index (χ3n) is 3.22. The van der Waals surface area contributed by atoms with Gasteiger partial charge in [-0.25, -0.2) is 0 Å². The number of nitrogens with one attached hydrogen (secondary N) is 1. The van der Waals surface area contributed by atoms with E-state index in [0.29, 0.717) is 17.1 Å². The van der Waals surface area contributed by atoms with Crippen molar-refractivity contribution in [2.45, 2.75) is 13.0 Å². The van der Waals surface area contributed by atoms with Gasteiger partial charge < -0.3 is 14.8 Å². The molecular weight excluding hydrogens is 348 g/mol. The van der Waals surface area contributed by atoms with Crippen molar-refractivity contribution in [2.75, 3.05) is 14.2 Å². The summed E-state index contributed by atoms with van der Waals surface area (Å²) in [7, 11) is 3.19. The molecule has 1 aromatic heterocycles. The van der Waals surface area contributed by atoms with E-state index in [9.17, 15) is 4.79 Å². The van der Waals surface area contributed by atoms with Gasteiger partial charge in [0.25, 0.3) is 5.91 Å². The SMILES string of the molecule is COc1ccc(OC)c([C@@H](C)NC(=O)c2cncc(Br)c2)c1. The van der Waals surface area contributed by atoms with Gasteiger partial charge in [0, 0.05) is 22.4 Å². The molecule has 0 unspecified atom stereocenters. The average Bonchev–Trinajstić information content (AvgIpc) is 2.54. The molecule has 1 atom stereocenters. The normalized spacial score (nSPS) is 11.6. The number of rotatable bonds is 5. The second kappa shape index (κ2) is 7.26. The van der Waals surface area contributed by atoms with Crippen LogP contribution in [-0.2, 0) is 0 Å². The highest BCUT2D eigenvalue weighted by Crippen LogP contribution is 2.29. The van der Waals surface area contributed by atoms with Gasteiger partial charge in [-0.1, -0.05) is 0 Å². The molecule has 0 radical (unpaired) electrons. The molecule has 0 saturated carbocycles. The average molecular weight is 365 g/mol. The number of carbonyl (C=O) groups excluding carboxylic acids is 1. The summed E-state index contributed by atoms with van der Waals surface area (Å²) in [5, 5.41) is 2.93. The van der Waals surface area contributed by atoms with Crippen molar-refractivity contribution in [1.29, 1.82) is 0 Å². The topological polar surface area (TPSA) is 60.5 Å². The molecule has 5 nitrogen and oxygen atoms in total. The fourth-order valence-electron chi connectivity index (χ4n) is 2.07. The van der Waals surface area contributed by atoms with Crippen LogP contribution >= 0.6 is 15.9 Å². The molecular formula is C16H17BrN2O3. The number of methoxy groups -OCH3 is 2. The van der Waals surface area contributed by atoms with Crippen LogP contribution in [0.25, 0.3) is 0 Å². The van der Waals surface area contributed by atoms with Gasteiger partial charge in [-0.05, 0) is 47.1 Å². The van der Waals surface area contributed by atoms with E-state index in [1.165, 1.54) is 6.20 Å². The molecule has 1 heterocycles. The highest BCUT2D eigenvalue weighted by Gasteiger charge is 2.16. The third kappa shape index (κ3) is 3.76. The van der Waals surface area contributed by atoms with Crippen LogP contribution in [0.5, 0.6) is 11.5 Å². The monoisotopic (exact) mass is 364 g/mol. The Labute approximate surface area is 137 Å². The molecule has 1 aromatic carbocycles. The van der Waals surface area contributed by atoms with Crippen molar-refractivity contribution in [3.8, 4) is 11.5 Å². The molecule has 0 bridgehead atoms. The summed E-state index contributed by atoms with van der Waals surface area (Å²) in [6, 6.07) is 6.96. The Morgan fingerprint density at radius 3 is 2.64 bits per heavy atom. The van der Waals surface area contributed by atoms with E-state index in [4.69, 9.17) is 9.47 Å². The van der Waals surface area contributed by atoms with Crippen LogP contribution in [0, 0.1) is 0 Å². The van der Waals surface area contributed by atoms with Crippen LogP contribution < -0.4 is 14.8 Å². The predicted molar refractivity (Wildman–Crippen MR) is 87.4 cm³/mol. The van der Waals surface area contributed by atoms with Gasteiger partial charge in [0.1, 0.15) is 11.5 Å². The summed E-state index contributed by atoms with van der Waals surface area (Å²) in [6.45, 7) is 1.89. The molecule has 22 heavy (non-hydrogen) atoms. The van der Waals surface area contributed by atoms with Crippen molar-refractivity contribution >= 4 is 21.8 Å². The summed E-state index contributed by atoms with van der Waals surface area (Å²) in [5.41, 5.74) is 1.33.